The molecule has 1 aromatic carbocycles. The van der Waals surface area contributed by atoms with Gasteiger partial charge in [0, 0.05) is 30.1 Å². The Labute approximate surface area is 129 Å². The number of nitrogens with zero attached hydrogens (tertiary/aromatic N) is 1. The molecule has 0 bridgehead atoms. The highest BCUT2D eigenvalue weighted by molar-refractivity contribution is 7.97. The van der Waals surface area contributed by atoms with E-state index >= 15 is 0 Å². The average Bonchev–Trinajstić information content (AvgIpc) is 2.40. The Kier molecular flexibility index (Phi) is 7.19. The lowest BCUT2D eigenvalue weighted by atomic mass is 10.2. The normalized spacial score (nSPS) is 12.1. The fraction of sp³-hybridized carbons (Fsp3) is 0.500. The number of anilines is 1. The molecule has 0 saturated carbocycles. The van der Waals surface area contributed by atoms with Gasteiger partial charge >= 0.3 is 6.03 Å². The van der Waals surface area contributed by atoms with E-state index in [2.05, 4.69) is 5.32 Å². The zero-order chi connectivity index (χ0) is 15.1. The van der Waals surface area contributed by atoms with Crippen LogP contribution in [-0.4, -0.2) is 42.0 Å². The standard InChI is InChI=1S/C14H21ClN2O2S/c1-10(18)6-7-17(2)14(19)16-12-4-5-13(15)11(8-12)9-20-3/h4-5,8,10,18H,6-7,9H2,1-3H3,(H,16,19)/t10-/m0/s1. The summed E-state index contributed by atoms with van der Waals surface area (Å²) in [7, 11) is 1.70. The number of aliphatic hydroxyl groups excluding tert-OH is 1. The van der Waals surface area contributed by atoms with Gasteiger partial charge in [0.25, 0.3) is 0 Å². The highest BCUT2D eigenvalue weighted by atomic mass is 35.5. The van der Waals surface area contributed by atoms with Crippen molar-refractivity contribution < 1.29 is 9.90 Å². The van der Waals surface area contributed by atoms with Crippen LogP contribution in [0.3, 0.4) is 0 Å². The SMILES string of the molecule is CSCc1cc(NC(=O)N(C)CC[C@H](C)O)ccc1Cl. The molecule has 0 aromatic heterocycles. The molecule has 20 heavy (non-hydrogen) atoms. The first-order valence-electron chi connectivity index (χ1n) is 6.41. The van der Waals surface area contributed by atoms with Crippen LogP contribution in [0.5, 0.6) is 0 Å². The van der Waals surface area contributed by atoms with Gasteiger partial charge in [0.1, 0.15) is 0 Å². The first-order valence-corrected chi connectivity index (χ1v) is 8.18. The Bertz CT molecular complexity index is 455. The molecule has 2 amide bonds. The first kappa shape index (κ1) is 17.1. The lowest BCUT2D eigenvalue weighted by Crippen LogP contribution is -2.33. The summed E-state index contributed by atoms with van der Waals surface area (Å²) in [6, 6.07) is 5.27. The molecule has 0 saturated heterocycles. The summed E-state index contributed by atoms with van der Waals surface area (Å²) < 4.78 is 0. The molecule has 0 heterocycles. The predicted molar refractivity (Wildman–Crippen MR) is 86.6 cm³/mol. The Hall–Kier alpha value is -0.910. The minimum atomic E-state index is -0.408. The molecular weight excluding hydrogens is 296 g/mol. The molecular formula is C14H21ClN2O2S. The maximum absolute atomic E-state index is 12.0. The van der Waals surface area contributed by atoms with E-state index in [4.69, 9.17) is 11.6 Å². The van der Waals surface area contributed by atoms with E-state index < -0.39 is 6.10 Å². The molecule has 6 heteroatoms. The van der Waals surface area contributed by atoms with Crippen molar-refractivity contribution in [2.24, 2.45) is 0 Å². The molecule has 1 aromatic rings. The monoisotopic (exact) mass is 316 g/mol. The van der Waals surface area contributed by atoms with Crippen LogP contribution in [0.2, 0.25) is 5.02 Å². The smallest absolute Gasteiger partial charge is 0.321 e. The fourth-order valence-corrected chi connectivity index (χ4v) is 2.43. The summed E-state index contributed by atoms with van der Waals surface area (Å²) in [6.45, 7) is 2.22. The minimum Gasteiger partial charge on any atom is -0.393 e. The number of thioether (sulfide) groups is 1. The molecule has 0 unspecified atom stereocenters. The van der Waals surface area contributed by atoms with Crippen LogP contribution >= 0.6 is 23.4 Å². The van der Waals surface area contributed by atoms with Crippen LogP contribution in [0.4, 0.5) is 10.5 Å². The number of aliphatic hydroxyl groups is 1. The summed E-state index contributed by atoms with van der Waals surface area (Å²) in [6.07, 6.45) is 2.15. The molecule has 1 atom stereocenters. The van der Waals surface area contributed by atoms with Gasteiger partial charge in [0.05, 0.1) is 6.10 Å². The second-order valence-corrected chi connectivity index (χ2v) is 6.00. The van der Waals surface area contributed by atoms with Crippen molar-refractivity contribution in [1.82, 2.24) is 4.90 Å². The van der Waals surface area contributed by atoms with Crippen molar-refractivity contribution in [3.63, 3.8) is 0 Å². The molecule has 0 fully saturated rings. The fourth-order valence-electron chi connectivity index (χ4n) is 1.62. The summed E-state index contributed by atoms with van der Waals surface area (Å²) in [4.78, 5) is 13.5. The van der Waals surface area contributed by atoms with E-state index in [1.54, 1.807) is 42.8 Å². The predicted octanol–water partition coefficient (Wildman–Crippen LogP) is 3.44. The van der Waals surface area contributed by atoms with Crippen LogP contribution in [0.1, 0.15) is 18.9 Å². The summed E-state index contributed by atoms with van der Waals surface area (Å²) >= 11 is 7.77. The Morgan fingerprint density at radius 3 is 2.85 bits per heavy atom. The van der Waals surface area contributed by atoms with Crippen molar-refractivity contribution in [2.75, 3.05) is 25.2 Å². The largest absolute Gasteiger partial charge is 0.393 e. The first-order chi connectivity index (χ1) is 9.43. The van der Waals surface area contributed by atoms with E-state index in [1.807, 2.05) is 12.3 Å². The molecule has 0 radical (unpaired) electrons. The maximum Gasteiger partial charge on any atom is 0.321 e. The van der Waals surface area contributed by atoms with Crippen LogP contribution in [0, 0.1) is 0 Å². The molecule has 0 aliphatic heterocycles. The molecule has 0 aliphatic rings. The van der Waals surface area contributed by atoms with E-state index in [9.17, 15) is 9.90 Å². The quantitative estimate of drug-likeness (QED) is 0.845. The average molecular weight is 317 g/mol. The van der Waals surface area contributed by atoms with Crippen molar-refractivity contribution in [3.8, 4) is 0 Å². The Morgan fingerprint density at radius 1 is 1.55 bits per heavy atom. The molecule has 0 spiro atoms. The highest BCUT2D eigenvalue weighted by Crippen LogP contribution is 2.24. The highest BCUT2D eigenvalue weighted by Gasteiger charge is 2.10. The summed E-state index contributed by atoms with van der Waals surface area (Å²) in [5.74, 6) is 0.806. The zero-order valence-corrected chi connectivity index (χ0v) is 13.6. The number of hydrogen-bond acceptors (Lipinski definition) is 3. The van der Waals surface area contributed by atoms with Gasteiger partial charge in [-0.05, 0) is 43.4 Å². The number of benzene rings is 1. The number of rotatable bonds is 6. The number of hydrogen-bond donors (Lipinski definition) is 2. The summed E-state index contributed by atoms with van der Waals surface area (Å²) in [5.41, 5.74) is 1.73. The second-order valence-electron chi connectivity index (χ2n) is 4.73. The molecule has 2 N–H and O–H groups in total. The van der Waals surface area contributed by atoms with Gasteiger partial charge in [-0.15, -0.1) is 0 Å². The van der Waals surface area contributed by atoms with Crippen molar-refractivity contribution in [2.45, 2.75) is 25.2 Å². The van der Waals surface area contributed by atoms with Crippen molar-refractivity contribution in [3.05, 3.63) is 28.8 Å². The van der Waals surface area contributed by atoms with Crippen molar-refractivity contribution in [1.29, 1.82) is 0 Å². The Balaban J connectivity index is 2.63. The van der Waals surface area contributed by atoms with Gasteiger partial charge in [-0.3, -0.25) is 0 Å². The number of urea groups is 1. The van der Waals surface area contributed by atoms with E-state index in [-0.39, 0.29) is 6.03 Å². The third-order valence-electron chi connectivity index (χ3n) is 2.83. The van der Waals surface area contributed by atoms with E-state index in [0.717, 1.165) is 17.0 Å². The third kappa shape index (κ3) is 5.61. The van der Waals surface area contributed by atoms with Crippen LogP contribution in [0.15, 0.2) is 18.2 Å². The van der Waals surface area contributed by atoms with Gasteiger partial charge in [-0.2, -0.15) is 11.8 Å². The van der Waals surface area contributed by atoms with Gasteiger partial charge in [0.2, 0.25) is 0 Å². The van der Waals surface area contributed by atoms with E-state index in [1.165, 1.54) is 0 Å². The van der Waals surface area contributed by atoms with Gasteiger partial charge in [0.15, 0.2) is 0 Å². The number of carbonyl (C=O) groups is 1. The third-order valence-corrected chi connectivity index (χ3v) is 3.79. The van der Waals surface area contributed by atoms with Gasteiger partial charge in [-0.1, -0.05) is 11.6 Å². The number of amides is 2. The molecule has 112 valence electrons. The zero-order valence-electron chi connectivity index (χ0n) is 12.0. The minimum absolute atomic E-state index is 0.192. The number of halogens is 1. The molecule has 0 aliphatic carbocycles. The van der Waals surface area contributed by atoms with Gasteiger partial charge in [-0.25, -0.2) is 4.79 Å². The number of carbonyl (C=O) groups excluding carboxylic acids is 1. The van der Waals surface area contributed by atoms with E-state index in [0.29, 0.717) is 18.0 Å². The molecule has 1 rings (SSSR count). The van der Waals surface area contributed by atoms with Gasteiger partial charge < -0.3 is 15.3 Å². The Morgan fingerprint density at radius 2 is 2.25 bits per heavy atom. The number of nitrogens with one attached hydrogen (secondary N) is 1. The lowest BCUT2D eigenvalue weighted by Gasteiger charge is -2.19. The van der Waals surface area contributed by atoms with Crippen LogP contribution < -0.4 is 5.32 Å². The topological polar surface area (TPSA) is 52.6 Å². The van der Waals surface area contributed by atoms with Crippen LogP contribution in [0.25, 0.3) is 0 Å². The molecule has 4 nitrogen and oxygen atoms in total. The van der Waals surface area contributed by atoms with Crippen molar-refractivity contribution >= 4 is 35.1 Å². The van der Waals surface area contributed by atoms with Crippen LogP contribution in [-0.2, 0) is 5.75 Å². The maximum atomic E-state index is 12.0. The lowest BCUT2D eigenvalue weighted by molar-refractivity contribution is 0.167. The summed E-state index contributed by atoms with van der Waals surface area (Å²) in [5, 5.41) is 12.8. The second kappa shape index (κ2) is 8.39.